The Balaban J connectivity index is 2.47. The molecular formula is C10H9ClN2S. The molecule has 2 aromatic rings. The Morgan fingerprint density at radius 1 is 1.43 bits per heavy atom. The molecule has 0 spiro atoms. The van der Waals surface area contributed by atoms with Crippen molar-refractivity contribution < 1.29 is 0 Å². The fourth-order valence-corrected chi connectivity index (χ4v) is 2.37. The highest BCUT2D eigenvalue weighted by molar-refractivity contribution is 7.14. The van der Waals surface area contributed by atoms with Crippen molar-refractivity contribution in [1.29, 1.82) is 0 Å². The van der Waals surface area contributed by atoms with Crippen LogP contribution in [0.2, 0.25) is 5.02 Å². The van der Waals surface area contributed by atoms with Crippen molar-refractivity contribution in [1.82, 2.24) is 4.98 Å². The van der Waals surface area contributed by atoms with Gasteiger partial charge in [0.25, 0.3) is 0 Å². The summed E-state index contributed by atoms with van der Waals surface area (Å²) in [5.41, 5.74) is 7.60. The van der Waals surface area contributed by atoms with Gasteiger partial charge in [0.2, 0.25) is 0 Å². The van der Waals surface area contributed by atoms with E-state index in [4.69, 9.17) is 17.3 Å². The van der Waals surface area contributed by atoms with Crippen LogP contribution in [0.25, 0.3) is 10.4 Å². The lowest BCUT2D eigenvalue weighted by Gasteiger charge is -2.00. The Labute approximate surface area is 91.4 Å². The predicted octanol–water partition coefficient (Wildman–Crippen LogP) is 2.92. The predicted molar refractivity (Wildman–Crippen MR) is 60.5 cm³/mol. The number of thiophene rings is 1. The van der Waals surface area contributed by atoms with Crippen LogP contribution in [-0.4, -0.2) is 4.98 Å². The first-order valence-electron chi connectivity index (χ1n) is 4.18. The van der Waals surface area contributed by atoms with Crippen LogP contribution in [-0.2, 0) is 6.54 Å². The topological polar surface area (TPSA) is 38.9 Å². The summed E-state index contributed by atoms with van der Waals surface area (Å²) < 4.78 is 0. The first-order chi connectivity index (χ1) is 6.81. The van der Waals surface area contributed by atoms with E-state index < -0.39 is 0 Å². The molecule has 0 unspecified atom stereocenters. The van der Waals surface area contributed by atoms with Gasteiger partial charge in [-0.1, -0.05) is 11.6 Å². The minimum atomic E-state index is 0.504. The van der Waals surface area contributed by atoms with E-state index in [1.165, 1.54) is 0 Å². The molecule has 0 atom stereocenters. The first-order valence-corrected chi connectivity index (χ1v) is 5.44. The third kappa shape index (κ3) is 1.80. The smallest absolute Gasteiger partial charge is 0.0592 e. The number of hydrogen-bond donors (Lipinski definition) is 1. The number of rotatable bonds is 2. The van der Waals surface area contributed by atoms with Crippen LogP contribution in [0.1, 0.15) is 5.56 Å². The van der Waals surface area contributed by atoms with E-state index in [9.17, 15) is 0 Å². The van der Waals surface area contributed by atoms with Crippen molar-refractivity contribution in [2.24, 2.45) is 5.73 Å². The molecule has 0 radical (unpaired) electrons. The third-order valence-corrected chi connectivity index (χ3v) is 3.30. The summed E-state index contributed by atoms with van der Waals surface area (Å²) in [5, 5.41) is 2.73. The van der Waals surface area contributed by atoms with Crippen molar-refractivity contribution in [3.8, 4) is 10.4 Å². The van der Waals surface area contributed by atoms with Crippen LogP contribution < -0.4 is 5.73 Å². The standard InChI is InChI=1S/C10H9ClN2S/c11-9-1-2-14-10(9)8-3-7(4-12)5-13-6-8/h1-3,5-6H,4,12H2. The Morgan fingerprint density at radius 2 is 2.29 bits per heavy atom. The molecule has 0 aliphatic carbocycles. The summed E-state index contributed by atoms with van der Waals surface area (Å²) in [6.07, 6.45) is 3.57. The molecule has 0 saturated heterocycles. The fraction of sp³-hybridized carbons (Fsp3) is 0.100. The maximum atomic E-state index is 6.02. The van der Waals surface area contributed by atoms with E-state index >= 15 is 0 Å². The summed E-state index contributed by atoms with van der Waals surface area (Å²) in [6.45, 7) is 0.504. The van der Waals surface area contributed by atoms with Crippen LogP contribution in [0.4, 0.5) is 0 Å². The number of aromatic nitrogens is 1. The van der Waals surface area contributed by atoms with Crippen molar-refractivity contribution >= 4 is 22.9 Å². The summed E-state index contributed by atoms with van der Waals surface area (Å²) in [7, 11) is 0. The molecule has 0 aliphatic rings. The van der Waals surface area contributed by atoms with Gasteiger partial charge in [-0.05, 0) is 23.1 Å². The van der Waals surface area contributed by atoms with Gasteiger partial charge in [0.05, 0.1) is 9.90 Å². The van der Waals surface area contributed by atoms with Gasteiger partial charge in [0.15, 0.2) is 0 Å². The maximum Gasteiger partial charge on any atom is 0.0592 e. The van der Waals surface area contributed by atoms with Gasteiger partial charge in [0.1, 0.15) is 0 Å². The number of nitrogens with two attached hydrogens (primary N) is 1. The Morgan fingerprint density at radius 3 is 2.93 bits per heavy atom. The van der Waals surface area contributed by atoms with Gasteiger partial charge in [-0.25, -0.2) is 0 Å². The van der Waals surface area contributed by atoms with Crippen molar-refractivity contribution in [2.45, 2.75) is 6.54 Å². The summed E-state index contributed by atoms with van der Waals surface area (Å²) in [6, 6.07) is 3.90. The molecule has 0 aromatic carbocycles. The second-order valence-corrected chi connectivity index (χ2v) is 4.21. The largest absolute Gasteiger partial charge is 0.326 e. The molecule has 2 N–H and O–H groups in total. The molecule has 14 heavy (non-hydrogen) atoms. The summed E-state index contributed by atoms with van der Waals surface area (Å²) in [4.78, 5) is 5.17. The number of nitrogens with zero attached hydrogens (tertiary/aromatic N) is 1. The highest BCUT2D eigenvalue weighted by Crippen LogP contribution is 2.32. The molecule has 4 heteroatoms. The van der Waals surface area contributed by atoms with Gasteiger partial charge in [-0.2, -0.15) is 0 Å². The molecule has 0 fully saturated rings. The van der Waals surface area contributed by atoms with Gasteiger partial charge in [-0.15, -0.1) is 11.3 Å². The second kappa shape index (κ2) is 4.09. The van der Waals surface area contributed by atoms with E-state index in [0.717, 1.165) is 21.0 Å². The number of pyridine rings is 1. The third-order valence-electron chi connectivity index (χ3n) is 1.91. The van der Waals surface area contributed by atoms with Crippen molar-refractivity contribution in [3.05, 3.63) is 40.5 Å². The van der Waals surface area contributed by atoms with E-state index in [1.807, 2.05) is 17.5 Å². The van der Waals surface area contributed by atoms with Crippen LogP contribution >= 0.6 is 22.9 Å². The molecule has 72 valence electrons. The monoisotopic (exact) mass is 224 g/mol. The summed E-state index contributed by atoms with van der Waals surface area (Å²) >= 11 is 7.63. The van der Waals surface area contributed by atoms with Crippen LogP contribution in [0.3, 0.4) is 0 Å². The first kappa shape index (κ1) is 9.65. The van der Waals surface area contributed by atoms with Gasteiger partial charge < -0.3 is 5.73 Å². The van der Waals surface area contributed by atoms with Gasteiger partial charge in [-0.3, -0.25) is 4.98 Å². The Kier molecular flexibility index (Phi) is 2.82. The lowest BCUT2D eigenvalue weighted by molar-refractivity contribution is 1.05. The molecule has 0 aliphatic heterocycles. The molecular weight excluding hydrogens is 216 g/mol. The van der Waals surface area contributed by atoms with Crippen LogP contribution in [0, 0.1) is 0 Å². The number of hydrogen-bond acceptors (Lipinski definition) is 3. The Hall–Kier alpha value is -0.900. The minimum Gasteiger partial charge on any atom is -0.326 e. The zero-order chi connectivity index (χ0) is 9.97. The highest BCUT2D eigenvalue weighted by atomic mass is 35.5. The summed E-state index contributed by atoms with van der Waals surface area (Å²) in [5.74, 6) is 0. The molecule has 0 saturated carbocycles. The van der Waals surface area contributed by atoms with E-state index in [1.54, 1.807) is 23.7 Å². The minimum absolute atomic E-state index is 0.504. The van der Waals surface area contributed by atoms with Crippen molar-refractivity contribution in [2.75, 3.05) is 0 Å². The molecule has 2 heterocycles. The Bertz CT molecular complexity index is 439. The lowest BCUT2D eigenvalue weighted by atomic mass is 10.2. The van der Waals surface area contributed by atoms with E-state index in [2.05, 4.69) is 4.98 Å². The normalized spacial score (nSPS) is 10.4. The van der Waals surface area contributed by atoms with Gasteiger partial charge >= 0.3 is 0 Å². The van der Waals surface area contributed by atoms with E-state index in [0.29, 0.717) is 6.54 Å². The molecule has 2 rings (SSSR count). The van der Waals surface area contributed by atoms with Crippen LogP contribution in [0.5, 0.6) is 0 Å². The molecule has 2 nitrogen and oxygen atoms in total. The van der Waals surface area contributed by atoms with Crippen molar-refractivity contribution in [3.63, 3.8) is 0 Å². The number of halogens is 1. The average molecular weight is 225 g/mol. The van der Waals surface area contributed by atoms with Crippen LogP contribution in [0.15, 0.2) is 29.9 Å². The zero-order valence-electron chi connectivity index (χ0n) is 7.40. The SMILES string of the molecule is NCc1cncc(-c2sccc2Cl)c1. The average Bonchev–Trinajstić information content (AvgIpc) is 2.65. The fourth-order valence-electron chi connectivity index (χ4n) is 1.22. The molecule has 0 amide bonds. The quantitative estimate of drug-likeness (QED) is 0.852. The second-order valence-electron chi connectivity index (χ2n) is 2.88. The molecule has 0 bridgehead atoms. The van der Waals surface area contributed by atoms with E-state index in [-0.39, 0.29) is 0 Å². The lowest BCUT2D eigenvalue weighted by Crippen LogP contribution is -1.96. The molecule has 2 aromatic heterocycles. The highest BCUT2D eigenvalue weighted by Gasteiger charge is 2.05. The zero-order valence-corrected chi connectivity index (χ0v) is 8.98. The van der Waals surface area contributed by atoms with Gasteiger partial charge in [0, 0.05) is 24.5 Å². The maximum absolute atomic E-state index is 6.02.